The molecule has 0 aliphatic rings. The zero-order valence-electron chi connectivity index (χ0n) is 27.6. The van der Waals surface area contributed by atoms with Crippen molar-refractivity contribution in [1.82, 2.24) is 30.1 Å². The van der Waals surface area contributed by atoms with Gasteiger partial charge in [-0.05, 0) is 48.1 Å². The number of alkyl halides is 3. The summed E-state index contributed by atoms with van der Waals surface area (Å²) < 4.78 is 89.3. The Morgan fingerprint density at radius 3 is 1.47 bits per heavy atom. The molecule has 8 nitrogen and oxygen atoms in total. The van der Waals surface area contributed by atoms with Gasteiger partial charge in [-0.25, -0.2) is 0 Å². The first-order valence-electron chi connectivity index (χ1n) is 14.5. The van der Waals surface area contributed by atoms with Crippen molar-refractivity contribution in [2.45, 2.75) is 13.1 Å². The van der Waals surface area contributed by atoms with Crippen LogP contribution in [0.25, 0.3) is 34.0 Å². The van der Waals surface area contributed by atoms with Gasteiger partial charge in [0.1, 0.15) is 0 Å². The third-order valence-corrected chi connectivity index (χ3v) is 6.60. The molecule has 0 atom stereocenters. The van der Waals surface area contributed by atoms with Gasteiger partial charge < -0.3 is 34.9 Å². The maximum atomic E-state index is 13.5. The molecule has 6 aromatic rings. The van der Waals surface area contributed by atoms with E-state index in [1.807, 2.05) is 50.1 Å². The van der Waals surface area contributed by atoms with Crippen molar-refractivity contribution in [3.8, 4) is 34.0 Å². The number of halogens is 7. The summed E-state index contributed by atoms with van der Waals surface area (Å²) in [7, 11) is 7.52. The summed E-state index contributed by atoms with van der Waals surface area (Å²) in [5.74, 6) is -3.96. The molecule has 0 amide bonds. The Balaban J connectivity index is 0.000000205. The van der Waals surface area contributed by atoms with Crippen molar-refractivity contribution in [2.75, 3.05) is 38.0 Å². The number of rotatable bonds is 5. The number of aryl methyl sites for hydroxylation is 1. The summed E-state index contributed by atoms with van der Waals surface area (Å²) in [6.45, 7) is 1.80. The van der Waals surface area contributed by atoms with E-state index in [1.165, 1.54) is 6.20 Å². The van der Waals surface area contributed by atoms with Crippen LogP contribution in [-0.2, 0) is 26.3 Å². The molecule has 0 aliphatic carbocycles. The van der Waals surface area contributed by atoms with E-state index < -0.39 is 35.3 Å². The molecule has 16 heteroatoms. The first kappa shape index (κ1) is 40.2. The van der Waals surface area contributed by atoms with Crippen molar-refractivity contribution >= 4 is 11.4 Å². The molecule has 0 saturated carbocycles. The third-order valence-electron chi connectivity index (χ3n) is 6.60. The molecule has 0 radical (unpaired) electrons. The Morgan fingerprint density at radius 1 is 0.627 bits per heavy atom. The summed E-state index contributed by atoms with van der Waals surface area (Å²) in [4.78, 5) is 19.0. The number of hydrogen-bond donors (Lipinski definition) is 0. The van der Waals surface area contributed by atoms with E-state index in [4.69, 9.17) is 0 Å². The van der Waals surface area contributed by atoms with Crippen LogP contribution in [0.2, 0.25) is 0 Å². The fraction of sp³-hybridized carbons (Fsp3) is 0.171. The zero-order valence-corrected chi connectivity index (χ0v) is 30.0. The van der Waals surface area contributed by atoms with Crippen molar-refractivity contribution in [3.05, 3.63) is 126 Å². The Morgan fingerprint density at radius 2 is 1.08 bits per heavy atom. The molecule has 51 heavy (non-hydrogen) atoms. The quantitative estimate of drug-likeness (QED) is 0.129. The fourth-order valence-corrected chi connectivity index (χ4v) is 4.08. The molecule has 4 heterocycles. The van der Waals surface area contributed by atoms with Crippen molar-refractivity contribution in [1.29, 1.82) is 0 Å². The molecule has 0 saturated heterocycles. The SMILES string of the molecule is CN(C)c1ccnc(-c2[c-]cc(F)cc2F)c1.CN(C)c1ccnc(-c2[c-]cc(F)cc2F)c1.Cc1ccnc(-c2nnc(C(F)(F)F)[n-]2)c1.[Ir+3]. The smallest absolute Gasteiger partial charge is 0.378 e. The molecular weight excluding hydrogens is 858 g/mol. The van der Waals surface area contributed by atoms with Crippen LogP contribution in [0, 0.1) is 42.3 Å². The van der Waals surface area contributed by atoms with Crippen molar-refractivity contribution in [2.24, 2.45) is 0 Å². The van der Waals surface area contributed by atoms with Crippen LogP contribution in [0.15, 0.2) is 79.3 Å². The van der Waals surface area contributed by atoms with Crippen molar-refractivity contribution in [3.63, 3.8) is 0 Å². The van der Waals surface area contributed by atoms with Crippen LogP contribution in [0.1, 0.15) is 11.4 Å². The molecule has 0 fully saturated rings. The van der Waals surface area contributed by atoms with Crippen LogP contribution in [0.4, 0.5) is 42.1 Å². The number of nitrogens with zero attached hydrogens (tertiary/aromatic N) is 8. The summed E-state index contributed by atoms with van der Waals surface area (Å²) in [6, 6.07) is 19.4. The van der Waals surface area contributed by atoms with Gasteiger partial charge in [0.15, 0.2) is 0 Å². The molecule has 0 bridgehead atoms. The summed E-state index contributed by atoms with van der Waals surface area (Å²) >= 11 is 0. The minimum atomic E-state index is -4.57. The Hall–Kier alpha value is -5.21. The van der Waals surface area contributed by atoms with Gasteiger partial charge in [-0.1, -0.05) is 35.4 Å². The second-order valence-electron chi connectivity index (χ2n) is 10.8. The molecule has 4 aromatic heterocycles. The first-order chi connectivity index (χ1) is 23.6. The van der Waals surface area contributed by atoms with E-state index in [1.54, 1.807) is 43.6 Å². The molecular formula is C35H28F7IrN8. The second kappa shape index (κ2) is 17.6. The number of benzene rings is 2. The van der Waals surface area contributed by atoms with E-state index >= 15 is 0 Å². The molecule has 0 aliphatic heterocycles. The predicted octanol–water partition coefficient (Wildman–Crippen LogP) is 7.61. The topological polar surface area (TPSA) is 85.0 Å². The molecule has 0 N–H and O–H groups in total. The summed E-state index contributed by atoms with van der Waals surface area (Å²) in [5.41, 5.74) is 4.17. The number of aromatic nitrogens is 6. The molecule has 2 aromatic carbocycles. The van der Waals surface area contributed by atoms with Gasteiger partial charge in [0.05, 0.1) is 11.5 Å². The Bertz CT molecular complexity index is 1950. The van der Waals surface area contributed by atoms with Gasteiger partial charge in [-0.2, -0.15) is 13.2 Å². The maximum Gasteiger partial charge on any atom is 3.00 e. The zero-order chi connectivity index (χ0) is 36.6. The first-order valence-corrected chi connectivity index (χ1v) is 14.5. The third kappa shape index (κ3) is 11.1. The van der Waals surface area contributed by atoms with Gasteiger partial charge in [-0.3, -0.25) is 22.5 Å². The fourth-order valence-electron chi connectivity index (χ4n) is 4.08. The van der Waals surface area contributed by atoms with E-state index in [2.05, 4.69) is 42.3 Å². The van der Waals surface area contributed by atoms with Crippen LogP contribution in [0.5, 0.6) is 0 Å². The van der Waals surface area contributed by atoms with E-state index in [-0.39, 0.29) is 42.8 Å². The van der Waals surface area contributed by atoms with Crippen LogP contribution < -0.4 is 14.8 Å². The molecule has 266 valence electrons. The normalized spacial score (nSPS) is 10.6. The molecule has 0 unspecified atom stereocenters. The average Bonchev–Trinajstić information content (AvgIpc) is 3.57. The minimum absolute atomic E-state index is 0. The number of hydrogen-bond acceptors (Lipinski definition) is 7. The number of anilines is 2. The van der Waals surface area contributed by atoms with Crippen LogP contribution in [0.3, 0.4) is 0 Å². The van der Waals surface area contributed by atoms with Gasteiger partial charge >= 0.3 is 26.3 Å². The summed E-state index contributed by atoms with van der Waals surface area (Å²) in [5, 5.41) is 6.32. The van der Waals surface area contributed by atoms with Gasteiger partial charge in [0, 0.05) is 87.2 Å². The molecule has 6 rings (SSSR count). The average molecular weight is 886 g/mol. The van der Waals surface area contributed by atoms with E-state index in [9.17, 15) is 30.7 Å². The van der Waals surface area contributed by atoms with E-state index in [0.29, 0.717) is 11.4 Å². The Kier molecular flexibility index (Phi) is 13.9. The molecule has 0 spiro atoms. The van der Waals surface area contributed by atoms with Gasteiger partial charge in [0.2, 0.25) is 0 Å². The van der Waals surface area contributed by atoms with Crippen LogP contribution >= 0.6 is 0 Å². The Labute approximate surface area is 302 Å². The van der Waals surface area contributed by atoms with Gasteiger partial charge in [-0.15, -0.1) is 24.3 Å². The summed E-state index contributed by atoms with van der Waals surface area (Å²) in [6.07, 6.45) is 0.0754. The van der Waals surface area contributed by atoms with E-state index in [0.717, 1.165) is 41.2 Å². The standard InChI is InChI=1S/2C13H11F2N2.C9H6F3N4.Ir/c2*1-17(2)10-5-6-16-13(8-10)11-4-3-9(14)7-12(11)15;1-5-2-3-13-6(4-5)7-14-8(16-15-7)9(10,11)12;/h2*3,5-8H,1-2H3;2-4H,1H3;/q3*-1;+3. The van der Waals surface area contributed by atoms with Crippen molar-refractivity contribution < 1.29 is 50.8 Å². The van der Waals surface area contributed by atoms with Crippen LogP contribution in [-0.4, -0.2) is 53.3 Å². The second-order valence-corrected chi connectivity index (χ2v) is 10.8. The monoisotopic (exact) mass is 886 g/mol. The van der Waals surface area contributed by atoms with Gasteiger partial charge in [0.25, 0.3) is 0 Å². The largest absolute Gasteiger partial charge is 3.00 e. The minimum Gasteiger partial charge on any atom is -0.378 e. The maximum absolute atomic E-state index is 13.5. The predicted molar refractivity (Wildman–Crippen MR) is 174 cm³/mol. The number of pyridine rings is 3.